The Morgan fingerprint density at radius 3 is 3.00 bits per heavy atom. The minimum atomic E-state index is -0.0159. The minimum Gasteiger partial charge on any atom is -0.392 e. The summed E-state index contributed by atoms with van der Waals surface area (Å²) >= 11 is 0. The van der Waals surface area contributed by atoms with Crippen LogP contribution in [0.1, 0.15) is 32.1 Å². The maximum atomic E-state index is 10.2. The molecule has 13 heavy (non-hydrogen) atoms. The zero-order valence-electron chi connectivity index (χ0n) is 7.87. The summed E-state index contributed by atoms with van der Waals surface area (Å²) in [6.07, 6.45) is 11.4. The first-order chi connectivity index (χ1) is 6.29. The van der Waals surface area contributed by atoms with Crippen LogP contribution in [0.25, 0.3) is 0 Å². The highest BCUT2D eigenvalue weighted by Crippen LogP contribution is 2.79. The van der Waals surface area contributed by atoms with Crippen molar-refractivity contribution in [3.63, 3.8) is 0 Å². The maximum Gasteiger partial charge on any atom is 0.0698 e. The van der Waals surface area contributed by atoms with Gasteiger partial charge in [-0.3, -0.25) is 0 Å². The number of hydrogen-bond donors (Lipinski definition) is 1. The molecular weight excluding hydrogens is 160 g/mol. The van der Waals surface area contributed by atoms with Crippen LogP contribution in [0.2, 0.25) is 0 Å². The van der Waals surface area contributed by atoms with E-state index in [9.17, 15) is 5.11 Å². The average Bonchev–Trinajstić information content (AvgIpc) is 2.72. The van der Waals surface area contributed by atoms with Gasteiger partial charge in [0.15, 0.2) is 0 Å². The molecule has 0 amide bonds. The molecule has 2 bridgehead atoms. The van der Waals surface area contributed by atoms with Crippen LogP contribution >= 0.6 is 0 Å². The molecule has 3 saturated carbocycles. The highest BCUT2D eigenvalue weighted by Gasteiger charge is 2.75. The van der Waals surface area contributed by atoms with Crippen LogP contribution in [0.3, 0.4) is 0 Å². The molecule has 0 aliphatic heterocycles. The van der Waals surface area contributed by atoms with Crippen molar-refractivity contribution in [1.82, 2.24) is 0 Å². The summed E-state index contributed by atoms with van der Waals surface area (Å²) in [5.41, 5.74) is 0.838. The Balaban J connectivity index is 1.90. The molecule has 0 radical (unpaired) electrons. The Morgan fingerprint density at radius 2 is 2.23 bits per heavy atom. The van der Waals surface area contributed by atoms with Crippen molar-refractivity contribution in [1.29, 1.82) is 0 Å². The van der Waals surface area contributed by atoms with Gasteiger partial charge in [-0.1, -0.05) is 18.6 Å². The molecule has 4 aliphatic rings. The summed E-state index contributed by atoms with van der Waals surface area (Å²) < 4.78 is 0. The van der Waals surface area contributed by atoms with Crippen molar-refractivity contribution >= 4 is 0 Å². The summed E-state index contributed by atoms with van der Waals surface area (Å²) in [6, 6.07) is 0. The third-order valence-corrected chi connectivity index (χ3v) is 5.48. The van der Waals surface area contributed by atoms with Crippen LogP contribution in [0.5, 0.6) is 0 Å². The van der Waals surface area contributed by atoms with Crippen LogP contribution in [-0.2, 0) is 0 Å². The molecule has 0 heterocycles. The van der Waals surface area contributed by atoms with Gasteiger partial charge in [0.1, 0.15) is 0 Å². The van der Waals surface area contributed by atoms with Crippen LogP contribution in [0.15, 0.2) is 12.2 Å². The average molecular weight is 176 g/mol. The topological polar surface area (TPSA) is 20.2 Å². The second kappa shape index (κ2) is 1.75. The predicted molar refractivity (Wildman–Crippen MR) is 50.1 cm³/mol. The van der Waals surface area contributed by atoms with E-state index in [1.165, 1.54) is 32.1 Å². The third kappa shape index (κ3) is 0.527. The van der Waals surface area contributed by atoms with Gasteiger partial charge in [0.05, 0.1) is 6.10 Å². The molecule has 70 valence electrons. The van der Waals surface area contributed by atoms with E-state index in [1.807, 2.05) is 0 Å². The second-order valence-electron chi connectivity index (χ2n) is 5.66. The van der Waals surface area contributed by atoms with E-state index in [2.05, 4.69) is 12.2 Å². The molecule has 0 unspecified atom stereocenters. The van der Waals surface area contributed by atoms with Gasteiger partial charge in [0.2, 0.25) is 0 Å². The molecule has 0 aromatic heterocycles. The molecule has 5 atom stereocenters. The van der Waals surface area contributed by atoms with E-state index < -0.39 is 0 Å². The number of aliphatic hydroxyl groups excluding tert-OH is 1. The lowest BCUT2D eigenvalue weighted by atomic mass is 9.66. The molecular formula is C12H16O. The first-order valence-corrected chi connectivity index (χ1v) is 5.66. The number of aliphatic hydroxyl groups is 1. The van der Waals surface area contributed by atoms with E-state index in [0.29, 0.717) is 11.3 Å². The van der Waals surface area contributed by atoms with Gasteiger partial charge in [-0.05, 0) is 37.0 Å². The van der Waals surface area contributed by atoms with Crippen molar-refractivity contribution in [2.75, 3.05) is 0 Å². The van der Waals surface area contributed by atoms with E-state index in [-0.39, 0.29) is 11.5 Å². The molecule has 1 N–H and O–H groups in total. The summed E-state index contributed by atoms with van der Waals surface area (Å²) in [6.45, 7) is 0. The van der Waals surface area contributed by atoms with Gasteiger partial charge in [-0.25, -0.2) is 0 Å². The van der Waals surface area contributed by atoms with E-state index in [1.54, 1.807) is 0 Å². The van der Waals surface area contributed by atoms with Crippen molar-refractivity contribution < 1.29 is 5.11 Å². The van der Waals surface area contributed by atoms with Gasteiger partial charge < -0.3 is 5.11 Å². The summed E-state index contributed by atoms with van der Waals surface area (Å²) in [7, 11) is 0. The number of fused-ring (bicyclic) bond motifs is 1. The molecule has 0 saturated heterocycles. The molecule has 3 fully saturated rings. The maximum absolute atomic E-state index is 10.2. The van der Waals surface area contributed by atoms with Crippen molar-refractivity contribution in [2.24, 2.45) is 22.7 Å². The second-order valence-corrected chi connectivity index (χ2v) is 5.66. The Labute approximate surface area is 78.8 Å². The quantitative estimate of drug-likeness (QED) is 0.560. The Hall–Kier alpha value is -0.300. The summed E-state index contributed by atoms with van der Waals surface area (Å²) in [5, 5.41) is 10.2. The van der Waals surface area contributed by atoms with E-state index in [0.717, 1.165) is 5.92 Å². The van der Waals surface area contributed by atoms with Gasteiger partial charge in [0.25, 0.3) is 0 Å². The largest absolute Gasteiger partial charge is 0.392 e. The molecule has 4 rings (SSSR count). The van der Waals surface area contributed by atoms with Crippen molar-refractivity contribution in [2.45, 2.75) is 38.2 Å². The lowest BCUT2D eigenvalue weighted by Gasteiger charge is -2.39. The highest BCUT2D eigenvalue weighted by atomic mass is 16.3. The summed E-state index contributed by atoms with van der Waals surface area (Å²) in [5.74, 6) is 1.49. The third-order valence-electron chi connectivity index (χ3n) is 5.48. The van der Waals surface area contributed by atoms with Crippen LogP contribution in [0.4, 0.5) is 0 Å². The molecule has 2 spiro atoms. The zero-order chi connectivity index (χ0) is 8.68. The minimum absolute atomic E-state index is 0.0159. The van der Waals surface area contributed by atoms with Gasteiger partial charge in [0, 0.05) is 11.3 Å². The highest BCUT2D eigenvalue weighted by molar-refractivity contribution is 5.35. The number of hydrogen-bond acceptors (Lipinski definition) is 1. The molecule has 1 heteroatoms. The Kier molecular flexibility index (Phi) is 0.947. The fraction of sp³-hybridized carbons (Fsp3) is 0.833. The SMILES string of the molecule is O[C@@H]1[C@H]2C=C[C@@]13CCC[C@H]1C[C@]13C2. The summed E-state index contributed by atoms with van der Waals surface area (Å²) in [4.78, 5) is 0. The fourth-order valence-corrected chi connectivity index (χ4v) is 4.83. The lowest BCUT2D eigenvalue weighted by Crippen LogP contribution is -2.37. The fourth-order valence-electron chi connectivity index (χ4n) is 4.83. The monoisotopic (exact) mass is 176 g/mol. The van der Waals surface area contributed by atoms with Crippen LogP contribution < -0.4 is 0 Å². The van der Waals surface area contributed by atoms with Crippen LogP contribution in [-0.4, -0.2) is 11.2 Å². The molecule has 1 nitrogen and oxygen atoms in total. The Bertz CT molecular complexity index is 308. The van der Waals surface area contributed by atoms with E-state index >= 15 is 0 Å². The van der Waals surface area contributed by atoms with Crippen molar-refractivity contribution in [3.8, 4) is 0 Å². The predicted octanol–water partition coefficient (Wildman–Crippen LogP) is 2.11. The zero-order valence-corrected chi connectivity index (χ0v) is 7.87. The molecule has 0 aromatic rings. The van der Waals surface area contributed by atoms with E-state index in [4.69, 9.17) is 0 Å². The van der Waals surface area contributed by atoms with Gasteiger partial charge in [-0.2, -0.15) is 0 Å². The molecule has 4 aliphatic carbocycles. The molecule has 0 aromatic carbocycles. The first kappa shape index (κ1) is 7.05. The van der Waals surface area contributed by atoms with Crippen molar-refractivity contribution in [3.05, 3.63) is 12.2 Å². The standard InChI is InChI=1S/C12H16O/c13-10-8-3-5-11(10)4-1-2-9-7-12(9,11)6-8/h3,5,8-10,13H,1-2,4,6-7H2/t8-,9-,10+,11-,12+/m0/s1. The Morgan fingerprint density at radius 1 is 1.31 bits per heavy atom. The van der Waals surface area contributed by atoms with Gasteiger partial charge in [-0.15, -0.1) is 0 Å². The van der Waals surface area contributed by atoms with Crippen LogP contribution in [0, 0.1) is 22.7 Å². The first-order valence-electron chi connectivity index (χ1n) is 5.66. The lowest BCUT2D eigenvalue weighted by molar-refractivity contribution is 0.0282. The normalized spacial score (nSPS) is 66.4. The number of rotatable bonds is 0. The smallest absolute Gasteiger partial charge is 0.0698 e. The van der Waals surface area contributed by atoms with Gasteiger partial charge >= 0.3 is 0 Å².